The van der Waals surface area contributed by atoms with E-state index >= 15 is 0 Å². The van der Waals surface area contributed by atoms with Crippen molar-refractivity contribution in [3.05, 3.63) is 27.8 Å². The molecule has 1 N–H and O–H groups in total. The Kier molecular flexibility index (Phi) is 3.60. The van der Waals surface area contributed by atoms with Gasteiger partial charge in [0.2, 0.25) is 0 Å². The number of carbonyl (C=O) groups is 1. The van der Waals surface area contributed by atoms with Gasteiger partial charge < -0.3 is 9.84 Å². The second-order valence-corrected chi connectivity index (χ2v) is 5.00. The minimum Gasteiger partial charge on any atom is -0.496 e. The summed E-state index contributed by atoms with van der Waals surface area (Å²) in [5, 5.41) is 9.05. The predicted octanol–water partition coefficient (Wildman–Crippen LogP) is 2.82. The zero-order valence-electron chi connectivity index (χ0n) is 11.3. The molecular weight excluding hydrogens is 228 g/mol. The van der Waals surface area contributed by atoms with Crippen molar-refractivity contribution in [2.24, 2.45) is 0 Å². The molecule has 0 aliphatic heterocycles. The molecular formula is C15H20O3. The molecule has 1 aromatic carbocycles. The average molecular weight is 248 g/mol. The molecule has 1 aliphatic rings. The van der Waals surface area contributed by atoms with Crippen molar-refractivity contribution in [2.75, 3.05) is 7.11 Å². The first kappa shape index (κ1) is 12.9. The van der Waals surface area contributed by atoms with Crippen LogP contribution >= 0.6 is 0 Å². The Balaban J connectivity index is 2.64. The van der Waals surface area contributed by atoms with Gasteiger partial charge in [-0.15, -0.1) is 0 Å². The van der Waals surface area contributed by atoms with E-state index in [0.717, 1.165) is 35.3 Å². The van der Waals surface area contributed by atoms with Gasteiger partial charge in [-0.3, -0.25) is 4.79 Å². The van der Waals surface area contributed by atoms with Crippen LogP contribution in [0.4, 0.5) is 0 Å². The first-order chi connectivity index (χ1) is 8.56. The zero-order valence-corrected chi connectivity index (χ0v) is 11.3. The molecule has 0 saturated carbocycles. The van der Waals surface area contributed by atoms with Crippen molar-refractivity contribution in [3.8, 4) is 5.75 Å². The number of fused-ring (bicyclic) bond motifs is 1. The van der Waals surface area contributed by atoms with Crippen molar-refractivity contribution < 1.29 is 14.6 Å². The number of carboxylic acid groups (broad SMARTS) is 1. The highest BCUT2D eigenvalue weighted by Crippen LogP contribution is 2.37. The lowest BCUT2D eigenvalue weighted by Gasteiger charge is -2.25. The predicted molar refractivity (Wildman–Crippen MR) is 70.4 cm³/mol. The number of hydrogen-bond donors (Lipinski definition) is 1. The molecule has 2 rings (SSSR count). The van der Waals surface area contributed by atoms with E-state index in [1.807, 2.05) is 13.8 Å². The highest BCUT2D eigenvalue weighted by atomic mass is 16.5. The summed E-state index contributed by atoms with van der Waals surface area (Å²) in [5.41, 5.74) is 5.84. The summed E-state index contributed by atoms with van der Waals surface area (Å²) in [6, 6.07) is 0. The van der Waals surface area contributed by atoms with Crippen molar-refractivity contribution in [1.29, 1.82) is 0 Å². The molecule has 3 nitrogen and oxygen atoms in total. The molecule has 0 unspecified atom stereocenters. The SMILES string of the molecule is COc1c(C)c2c(c(C)c1CC(=O)O)CCCC2. The van der Waals surface area contributed by atoms with E-state index in [9.17, 15) is 4.79 Å². The third-order valence-electron chi connectivity index (χ3n) is 3.97. The molecule has 0 amide bonds. The molecule has 1 aromatic rings. The Morgan fingerprint density at radius 2 is 1.72 bits per heavy atom. The molecule has 1 aliphatic carbocycles. The first-order valence-corrected chi connectivity index (χ1v) is 6.45. The van der Waals surface area contributed by atoms with E-state index in [-0.39, 0.29) is 6.42 Å². The standard InChI is InChI=1S/C15H20O3/c1-9-11-6-4-5-7-12(11)10(2)15(18-3)13(9)8-14(16)17/h4-8H2,1-3H3,(H,16,17). The Labute approximate surface area is 108 Å². The van der Waals surface area contributed by atoms with Crippen LogP contribution in [0.15, 0.2) is 0 Å². The topological polar surface area (TPSA) is 46.5 Å². The maximum absolute atomic E-state index is 11.0. The van der Waals surface area contributed by atoms with E-state index < -0.39 is 5.97 Å². The van der Waals surface area contributed by atoms with Gasteiger partial charge in [0.25, 0.3) is 0 Å². The molecule has 0 saturated heterocycles. The fourth-order valence-electron chi connectivity index (χ4n) is 3.09. The number of methoxy groups -OCH3 is 1. The van der Waals surface area contributed by atoms with Gasteiger partial charge >= 0.3 is 5.97 Å². The fourth-order valence-corrected chi connectivity index (χ4v) is 3.09. The van der Waals surface area contributed by atoms with Gasteiger partial charge in [-0.1, -0.05) is 0 Å². The zero-order chi connectivity index (χ0) is 13.3. The van der Waals surface area contributed by atoms with E-state index in [1.165, 1.54) is 24.0 Å². The van der Waals surface area contributed by atoms with E-state index in [1.54, 1.807) is 7.11 Å². The Morgan fingerprint density at radius 1 is 1.17 bits per heavy atom. The lowest BCUT2D eigenvalue weighted by atomic mass is 9.82. The minimum atomic E-state index is -0.799. The second-order valence-electron chi connectivity index (χ2n) is 5.00. The van der Waals surface area contributed by atoms with Gasteiger partial charge in [0.05, 0.1) is 13.5 Å². The molecule has 0 radical (unpaired) electrons. The molecule has 3 heteroatoms. The van der Waals surface area contributed by atoms with Gasteiger partial charge in [-0.05, 0) is 61.8 Å². The third-order valence-corrected chi connectivity index (χ3v) is 3.97. The fraction of sp³-hybridized carbons (Fsp3) is 0.533. The van der Waals surface area contributed by atoms with Crippen LogP contribution in [0, 0.1) is 13.8 Å². The molecule has 0 atom stereocenters. The smallest absolute Gasteiger partial charge is 0.307 e. The number of aliphatic carboxylic acids is 1. The number of carboxylic acids is 1. The van der Waals surface area contributed by atoms with E-state index in [0.29, 0.717) is 0 Å². The lowest BCUT2D eigenvalue weighted by Crippen LogP contribution is -2.13. The average Bonchev–Trinajstić information content (AvgIpc) is 2.36. The lowest BCUT2D eigenvalue weighted by molar-refractivity contribution is -0.136. The number of benzene rings is 1. The normalized spacial score (nSPS) is 14.2. The Bertz CT molecular complexity index is 489. The van der Waals surface area contributed by atoms with Crippen LogP contribution in [0.3, 0.4) is 0 Å². The van der Waals surface area contributed by atoms with Crippen molar-refractivity contribution in [1.82, 2.24) is 0 Å². The van der Waals surface area contributed by atoms with E-state index in [2.05, 4.69) is 0 Å². The van der Waals surface area contributed by atoms with Crippen LogP contribution < -0.4 is 4.74 Å². The van der Waals surface area contributed by atoms with Gasteiger partial charge in [-0.2, -0.15) is 0 Å². The maximum Gasteiger partial charge on any atom is 0.307 e. The summed E-state index contributed by atoms with van der Waals surface area (Å²) in [4.78, 5) is 11.0. The summed E-state index contributed by atoms with van der Waals surface area (Å²) < 4.78 is 5.46. The highest BCUT2D eigenvalue weighted by molar-refractivity contribution is 5.73. The quantitative estimate of drug-likeness (QED) is 0.894. The molecule has 0 aromatic heterocycles. The Hall–Kier alpha value is -1.51. The summed E-state index contributed by atoms with van der Waals surface area (Å²) in [6.07, 6.45) is 4.62. The number of rotatable bonds is 3. The number of ether oxygens (including phenoxy) is 1. The van der Waals surface area contributed by atoms with Gasteiger partial charge in [0.1, 0.15) is 5.75 Å². The van der Waals surface area contributed by atoms with Crippen LogP contribution in [-0.2, 0) is 24.1 Å². The molecule has 0 fully saturated rings. The summed E-state index contributed by atoms with van der Waals surface area (Å²) in [7, 11) is 1.63. The maximum atomic E-state index is 11.0. The largest absolute Gasteiger partial charge is 0.496 e. The van der Waals surface area contributed by atoms with Crippen molar-refractivity contribution >= 4 is 5.97 Å². The molecule has 98 valence electrons. The Morgan fingerprint density at radius 3 is 2.22 bits per heavy atom. The monoisotopic (exact) mass is 248 g/mol. The van der Waals surface area contributed by atoms with Crippen LogP contribution in [-0.4, -0.2) is 18.2 Å². The summed E-state index contributed by atoms with van der Waals surface area (Å²) in [6.45, 7) is 4.08. The molecule has 0 bridgehead atoms. The second kappa shape index (κ2) is 5.01. The van der Waals surface area contributed by atoms with Crippen LogP contribution in [0.2, 0.25) is 0 Å². The molecule has 0 heterocycles. The third kappa shape index (κ3) is 2.09. The summed E-state index contributed by atoms with van der Waals surface area (Å²) in [5.74, 6) is -0.0258. The molecule has 18 heavy (non-hydrogen) atoms. The van der Waals surface area contributed by atoms with Crippen LogP contribution in [0.1, 0.15) is 40.7 Å². The summed E-state index contributed by atoms with van der Waals surface area (Å²) >= 11 is 0. The van der Waals surface area contributed by atoms with Crippen molar-refractivity contribution in [3.63, 3.8) is 0 Å². The first-order valence-electron chi connectivity index (χ1n) is 6.45. The minimum absolute atomic E-state index is 0.0448. The number of hydrogen-bond acceptors (Lipinski definition) is 2. The van der Waals surface area contributed by atoms with Crippen LogP contribution in [0.25, 0.3) is 0 Å². The van der Waals surface area contributed by atoms with Gasteiger partial charge in [-0.25, -0.2) is 0 Å². The van der Waals surface area contributed by atoms with E-state index in [4.69, 9.17) is 9.84 Å². The van der Waals surface area contributed by atoms with Gasteiger partial charge in [0, 0.05) is 5.56 Å². The highest BCUT2D eigenvalue weighted by Gasteiger charge is 2.22. The van der Waals surface area contributed by atoms with Gasteiger partial charge in [0.15, 0.2) is 0 Å². The van der Waals surface area contributed by atoms with Crippen LogP contribution in [0.5, 0.6) is 5.75 Å². The molecule has 0 spiro atoms. The van der Waals surface area contributed by atoms with Crippen molar-refractivity contribution in [2.45, 2.75) is 46.0 Å².